The lowest BCUT2D eigenvalue weighted by Gasteiger charge is -2.37. The average molecular weight is 295 g/mol. The van der Waals surface area contributed by atoms with Crippen LogP contribution in [0.3, 0.4) is 0 Å². The molecule has 1 aromatic heterocycles. The molecule has 0 N–H and O–H groups in total. The van der Waals surface area contributed by atoms with E-state index in [4.69, 9.17) is 0 Å². The van der Waals surface area contributed by atoms with Crippen molar-refractivity contribution in [1.29, 1.82) is 0 Å². The summed E-state index contributed by atoms with van der Waals surface area (Å²) in [6, 6.07) is 2.16. The van der Waals surface area contributed by atoms with E-state index in [1.807, 2.05) is 33.0 Å². The van der Waals surface area contributed by atoms with E-state index in [1.54, 1.807) is 0 Å². The van der Waals surface area contributed by atoms with Gasteiger partial charge in [0.25, 0.3) is 0 Å². The van der Waals surface area contributed by atoms with E-state index >= 15 is 0 Å². The highest BCUT2D eigenvalue weighted by molar-refractivity contribution is 5.94. The molecule has 0 aliphatic heterocycles. The first-order valence-electron chi connectivity index (χ1n) is 7.77. The molecule has 0 saturated heterocycles. The number of nitrogens with zero attached hydrogens (tertiary/aromatic N) is 3. The van der Waals surface area contributed by atoms with Crippen LogP contribution in [0, 0.1) is 12.3 Å². The number of aliphatic imine (C=N–C) groups is 2. The third kappa shape index (κ3) is 2.94. The Hall–Kier alpha value is -2.03. The molecule has 1 aromatic rings. The second-order valence-corrected chi connectivity index (χ2v) is 6.10. The molecule has 0 amide bonds. The first kappa shape index (κ1) is 16.3. The topological polar surface area (TPSA) is 37.6 Å². The maximum Gasteiger partial charge on any atom is 0.0517 e. The standard InChI is InChI=1S/C19H25N3/c1-7-21-14(3)11-18(20-6)19(5)9-8-16-10-13(2)22-12-17(16)15(19)4/h10-12H,4,6-9H2,1-3,5H3/b18-11-,21-14-. The zero-order chi connectivity index (χ0) is 16.3. The first-order valence-corrected chi connectivity index (χ1v) is 7.77. The van der Waals surface area contributed by atoms with Crippen molar-refractivity contribution in [3.63, 3.8) is 0 Å². The summed E-state index contributed by atoms with van der Waals surface area (Å²) < 4.78 is 0. The maximum absolute atomic E-state index is 4.43. The normalized spacial score (nSPS) is 22.5. The number of aromatic nitrogens is 1. The molecule has 2 rings (SSSR count). The highest BCUT2D eigenvalue weighted by Gasteiger charge is 2.37. The number of rotatable bonds is 4. The zero-order valence-electron chi connectivity index (χ0n) is 14.1. The molecular formula is C19H25N3. The fourth-order valence-electron chi connectivity index (χ4n) is 3.08. The summed E-state index contributed by atoms with van der Waals surface area (Å²) in [7, 11) is 0. The molecule has 1 aliphatic carbocycles. The Bertz CT molecular complexity index is 667. The fourth-order valence-corrected chi connectivity index (χ4v) is 3.08. The quantitative estimate of drug-likeness (QED) is 0.758. The summed E-state index contributed by atoms with van der Waals surface area (Å²) in [5, 5.41) is 0. The van der Waals surface area contributed by atoms with Crippen LogP contribution < -0.4 is 0 Å². The van der Waals surface area contributed by atoms with Gasteiger partial charge >= 0.3 is 0 Å². The van der Waals surface area contributed by atoms with Crippen LogP contribution in [-0.4, -0.2) is 24.0 Å². The monoisotopic (exact) mass is 295 g/mol. The van der Waals surface area contributed by atoms with E-state index < -0.39 is 0 Å². The summed E-state index contributed by atoms with van der Waals surface area (Å²) in [5.41, 5.74) is 6.32. The van der Waals surface area contributed by atoms with Crippen LogP contribution in [0.4, 0.5) is 0 Å². The van der Waals surface area contributed by atoms with E-state index in [9.17, 15) is 0 Å². The number of hydrogen-bond donors (Lipinski definition) is 0. The minimum Gasteiger partial charge on any atom is -0.290 e. The van der Waals surface area contributed by atoms with Crippen LogP contribution in [0.1, 0.15) is 44.0 Å². The van der Waals surface area contributed by atoms with Crippen molar-refractivity contribution >= 4 is 18.0 Å². The summed E-state index contributed by atoms with van der Waals surface area (Å²) in [4.78, 5) is 13.2. The molecule has 0 fully saturated rings. The fraction of sp³-hybridized carbons (Fsp3) is 0.421. The third-order valence-electron chi connectivity index (χ3n) is 4.50. The Balaban J connectivity index is 2.46. The van der Waals surface area contributed by atoms with Gasteiger partial charge in [0.1, 0.15) is 0 Å². The maximum atomic E-state index is 4.43. The van der Waals surface area contributed by atoms with Crippen molar-refractivity contribution in [3.8, 4) is 0 Å². The lowest BCUT2D eigenvalue weighted by molar-refractivity contribution is 0.469. The summed E-state index contributed by atoms with van der Waals surface area (Å²) in [5.74, 6) is 0. The van der Waals surface area contributed by atoms with E-state index in [1.165, 1.54) is 5.56 Å². The van der Waals surface area contributed by atoms with Crippen molar-refractivity contribution in [2.24, 2.45) is 15.4 Å². The molecule has 0 radical (unpaired) electrons. The number of fused-ring (bicyclic) bond motifs is 1. The summed E-state index contributed by atoms with van der Waals surface area (Å²) >= 11 is 0. The summed E-state index contributed by atoms with van der Waals surface area (Å²) in [6.45, 7) is 17.1. The van der Waals surface area contributed by atoms with Crippen LogP contribution in [0.2, 0.25) is 0 Å². The highest BCUT2D eigenvalue weighted by Crippen LogP contribution is 2.48. The van der Waals surface area contributed by atoms with Gasteiger partial charge in [0.15, 0.2) is 0 Å². The molecule has 3 heteroatoms. The van der Waals surface area contributed by atoms with Crippen molar-refractivity contribution in [2.75, 3.05) is 6.54 Å². The Labute approximate surface area is 133 Å². The number of pyridine rings is 1. The Morgan fingerprint density at radius 2 is 2.23 bits per heavy atom. The molecule has 3 nitrogen and oxygen atoms in total. The van der Waals surface area contributed by atoms with Crippen molar-refractivity contribution in [3.05, 3.63) is 47.4 Å². The molecule has 0 spiro atoms. The molecule has 0 aromatic carbocycles. The number of aryl methyl sites for hydroxylation is 2. The summed E-state index contributed by atoms with van der Waals surface area (Å²) in [6.07, 6.45) is 5.96. The van der Waals surface area contributed by atoms with E-state index in [0.717, 1.165) is 47.6 Å². The number of allylic oxidation sites excluding steroid dienone is 2. The van der Waals surface area contributed by atoms with Crippen LogP contribution in [0.15, 0.2) is 40.6 Å². The minimum atomic E-state index is -0.212. The van der Waals surface area contributed by atoms with Crippen molar-refractivity contribution < 1.29 is 0 Å². The molecule has 1 unspecified atom stereocenters. The minimum absolute atomic E-state index is 0.212. The molecular weight excluding hydrogens is 270 g/mol. The van der Waals surface area contributed by atoms with E-state index in [0.29, 0.717) is 0 Å². The predicted molar refractivity (Wildman–Crippen MR) is 95.7 cm³/mol. The van der Waals surface area contributed by atoms with Gasteiger partial charge in [0.2, 0.25) is 0 Å². The molecule has 22 heavy (non-hydrogen) atoms. The Kier molecular flexibility index (Phi) is 4.74. The molecule has 1 heterocycles. The first-order chi connectivity index (χ1) is 10.4. The van der Waals surface area contributed by atoms with Crippen LogP contribution >= 0.6 is 0 Å². The van der Waals surface area contributed by atoms with E-state index in [-0.39, 0.29) is 5.41 Å². The van der Waals surface area contributed by atoms with Crippen molar-refractivity contribution in [2.45, 2.75) is 40.5 Å². The number of hydrogen-bond acceptors (Lipinski definition) is 3. The Morgan fingerprint density at radius 3 is 2.86 bits per heavy atom. The van der Waals surface area contributed by atoms with Gasteiger partial charge in [-0.2, -0.15) is 0 Å². The largest absolute Gasteiger partial charge is 0.290 e. The molecule has 0 bridgehead atoms. The van der Waals surface area contributed by atoms with Crippen molar-refractivity contribution in [1.82, 2.24) is 4.98 Å². The van der Waals surface area contributed by atoms with Gasteiger partial charge in [-0.25, -0.2) is 0 Å². The van der Waals surface area contributed by atoms with Crippen LogP contribution in [0.25, 0.3) is 5.57 Å². The average Bonchev–Trinajstić information content (AvgIpc) is 2.49. The van der Waals surface area contributed by atoms with Gasteiger partial charge < -0.3 is 0 Å². The second-order valence-electron chi connectivity index (χ2n) is 6.10. The molecule has 1 aliphatic rings. The van der Waals surface area contributed by atoms with Gasteiger partial charge in [-0.15, -0.1) is 0 Å². The van der Waals surface area contributed by atoms with Gasteiger partial charge in [-0.3, -0.25) is 15.0 Å². The molecule has 1 atom stereocenters. The smallest absolute Gasteiger partial charge is 0.0517 e. The lowest BCUT2D eigenvalue weighted by Crippen LogP contribution is -2.26. The molecule has 116 valence electrons. The third-order valence-corrected chi connectivity index (χ3v) is 4.50. The van der Waals surface area contributed by atoms with Crippen LogP contribution in [0.5, 0.6) is 0 Å². The highest BCUT2D eigenvalue weighted by atomic mass is 14.8. The zero-order valence-corrected chi connectivity index (χ0v) is 14.1. The lowest BCUT2D eigenvalue weighted by atomic mass is 9.68. The van der Waals surface area contributed by atoms with Gasteiger partial charge in [0.05, 0.1) is 5.70 Å². The van der Waals surface area contributed by atoms with Gasteiger partial charge in [-0.05, 0) is 76.1 Å². The van der Waals surface area contributed by atoms with Crippen LogP contribution in [-0.2, 0) is 6.42 Å². The molecule has 0 saturated carbocycles. The SMILES string of the molecule is C=N/C(=C\C(C)=N/CC)C1(C)CCc2cc(C)ncc2C1=C. The Morgan fingerprint density at radius 1 is 1.50 bits per heavy atom. The predicted octanol–water partition coefficient (Wildman–Crippen LogP) is 4.42. The van der Waals surface area contributed by atoms with Gasteiger partial charge in [-0.1, -0.05) is 6.58 Å². The van der Waals surface area contributed by atoms with Gasteiger partial charge in [0, 0.05) is 29.6 Å². The second kappa shape index (κ2) is 6.39. The van der Waals surface area contributed by atoms with E-state index in [2.05, 4.69) is 41.3 Å².